The van der Waals surface area contributed by atoms with Gasteiger partial charge >= 0.3 is 0 Å². The molecule has 0 aromatic heterocycles. The molecule has 0 heterocycles. The van der Waals surface area contributed by atoms with E-state index in [9.17, 15) is 0 Å². The van der Waals surface area contributed by atoms with Crippen molar-refractivity contribution in [2.45, 2.75) is 26.3 Å². The summed E-state index contributed by atoms with van der Waals surface area (Å²) < 4.78 is 5.53. The highest BCUT2D eigenvalue weighted by Gasteiger charge is 2.06. The first-order chi connectivity index (χ1) is 7.76. The molecule has 3 heteroatoms. The molecule has 0 bridgehead atoms. The highest BCUT2D eigenvalue weighted by atomic mass is 16.5. The molecule has 0 saturated carbocycles. The lowest BCUT2D eigenvalue weighted by Crippen LogP contribution is -2.33. The van der Waals surface area contributed by atoms with Crippen LogP contribution in [0.2, 0.25) is 0 Å². The zero-order valence-corrected chi connectivity index (χ0v) is 9.86. The molecule has 0 fully saturated rings. The SMILES string of the molecule is CCCNC(C#N)COc1ccc(C)cc1. The highest BCUT2D eigenvalue weighted by molar-refractivity contribution is 5.26. The Labute approximate surface area is 97.0 Å². The van der Waals surface area contributed by atoms with Gasteiger partial charge in [0.25, 0.3) is 0 Å². The van der Waals surface area contributed by atoms with Crippen LogP contribution >= 0.6 is 0 Å². The Balaban J connectivity index is 2.38. The molecular formula is C13H18N2O. The van der Waals surface area contributed by atoms with E-state index in [1.54, 1.807) is 0 Å². The van der Waals surface area contributed by atoms with Crippen LogP contribution in [0.25, 0.3) is 0 Å². The lowest BCUT2D eigenvalue weighted by Gasteiger charge is -2.12. The second-order valence-electron chi connectivity index (χ2n) is 3.76. The summed E-state index contributed by atoms with van der Waals surface area (Å²) in [5, 5.41) is 12.0. The van der Waals surface area contributed by atoms with Crippen LogP contribution in [0.1, 0.15) is 18.9 Å². The van der Waals surface area contributed by atoms with Gasteiger partial charge in [0, 0.05) is 0 Å². The normalized spacial score (nSPS) is 11.8. The molecule has 16 heavy (non-hydrogen) atoms. The lowest BCUT2D eigenvalue weighted by atomic mass is 10.2. The summed E-state index contributed by atoms with van der Waals surface area (Å²) in [4.78, 5) is 0. The van der Waals surface area contributed by atoms with Crippen molar-refractivity contribution in [3.8, 4) is 11.8 Å². The van der Waals surface area contributed by atoms with Crippen molar-refractivity contribution in [2.24, 2.45) is 0 Å². The second kappa shape index (κ2) is 6.86. The number of hydrogen-bond acceptors (Lipinski definition) is 3. The highest BCUT2D eigenvalue weighted by Crippen LogP contribution is 2.11. The van der Waals surface area contributed by atoms with Crippen LogP contribution in [-0.2, 0) is 0 Å². The monoisotopic (exact) mass is 218 g/mol. The minimum Gasteiger partial charge on any atom is -0.491 e. The molecule has 0 saturated heterocycles. The van der Waals surface area contributed by atoms with Gasteiger partial charge in [-0.15, -0.1) is 0 Å². The number of ether oxygens (including phenoxy) is 1. The first-order valence-electron chi connectivity index (χ1n) is 5.58. The van der Waals surface area contributed by atoms with Crippen molar-refractivity contribution in [1.29, 1.82) is 5.26 Å². The average Bonchev–Trinajstić information content (AvgIpc) is 2.32. The van der Waals surface area contributed by atoms with Crippen molar-refractivity contribution in [1.82, 2.24) is 5.32 Å². The van der Waals surface area contributed by atoms with Crippen LogP contribution in [0.3, 0.4) is 0 Å². The van der Waals surface area contributed by atoms with E-state index < -0.39 is 0 Å². The van der Waals surface area contributed by atoms with Crippen molar-refractivity contribution in [3.05, 3.63) is 29.8 Å². The summed E-state index contributed by atoms with van der Waals surface area (Å²) in [7, 11) is 0. The summed E-state index contributed by atoms with van der Waals surface area (Å²) in [5.41, 5.74) is 1.20. The van der Waals surface area contributed by atoms with Crippen LogP contribution in [0.15, 0.2) is 24.3 Å². The molecular weight excluding hydrogens is 200 g/mol. The summed E-state index contributed by atoms with van der Waals surface area (Å²) in [6.07, 6.45) is 1.02. The Morgan fingerprint density at radius 3 is 2.62 bits per heavy atom. The van der Waals surface area contributed by atoms with Crippen LogP contribution in [0.4, 0.5) is 0 Å². The molecule has 0 spiro atoms. The van der Waals surface area contributed by atoms with E-state index in [-0.39, 0.29) is 6.04 Å². The van der Waals surface area contributed by atoms with Gasteiger partial charge in [0.2, 0.25) is 0 Å². The maximum absolute atomic E-state index is 8.88. The number of rotatable bonds is 6. The fourth-order valence-corrected chi connectivity index (χ4v) is 1.27. The second-order valence-corrected chi connectivity index (χ2v) is 3.76. The Kier molecular flexibility index (Phi) is 5.38. The van der Waals surface area contributed by atoms with Crippen LogP contribution < -0.4 is 10.1 Å². The molecule has 86 valence electrons. The predicted octanol–water partition coefficient (Wildman–Crippen LogP) is 2.27. The zero-order chi connectivity index (χ0) is 11.8. The first-order valence-corrected chi connectivity index (χ1v) is 5.58. The fourth-order valence-electron chi connectivity index (χ4n) is 1.27. The number of benzene rings is 1. The molecule has 0 aliphatic rings. The maximum atomic E-state index is 8.88. The Morgan fingerprint density at radius 2 is 2.06 bits per heavy atom. The minimum absolute atomic E-state index is 0.235. The average molecular weight is 218 g/mol. The predicted molar refractivity (Wildman–Crippen MR) is 64.4 cm³/mol. The molecule has 1 aromatic carbocycles. The summed E-state index contributed by atoms with van der Waals surface area (Å²) >= 11 is 0. The van der Waals surface area contributed by atoms with Crippen molar-refractivity contribution >= 4 is 0 Å². The fraction of sp³-hybridized carbons (Fsp3) is 0.462. The van der Waals surface area contributed by atoms with Crippen molar-refractivity contribution < 1.29 is 4.74 Å². The zero-order valence-electron chi connectivity index (χ0n) is 9.86. The van der Waals surface area contributed by atoms with Gasteiger partial charge in [-0.2, -0.15) is 5.26 Å². The van der Waals surface area contributed by atoms with Gasteiger partial charge in [-0.25, -0.2) is 0 Å². The molecule has 1 aromatic rings. The number of nitriles is 1. The number of nitrogens with one attached hydrogen (secondary N) is 1. The molecule has 0 amide bonds. The van der Waals surface area contributed by atoms with Crippen LogP contribution in [0, 0.1) is 18.3 Å². The first kappa shape index (κ1) is 12.5. The minimum atomic E-state index is -0.235. The Morgan fingerprint density at radius 1 is 1.38 bits per heavy atom. The van der Waals surface area contributed by atoms with E-state index in [0.717, 1.165) is 18.7 Å². The molecule has 0 aliphatic carbocycles. The number of nitrogens with zero attached hydrogens (tertiary/aromatic N) is 1. The van der Waals surface area contributed by atoms with E-state index in [1.165, 1.54) is 5.56 Å². The van der Waals surface area contributed by atoms with Gasteiger partial charge in [-0.3, -0.25) is 5.32 Å². The van der Waals surface area contributed by atoms with Gasteiger partial charge in [0.05, 0.1) is 6.07 Å². The molecule has 0 aliphatic heterocycles. The third-order valence-corrected chi connectivity index (χ3v) is 2.23. The van der Waals surface area contributed by atoms with E-state index in [4.69, 9.17) is 10.00 Å². The topological polar surface area (TPSA) is 45.0 Å². The molecule has 1 N–H and O–H groups in total. The van der Waals surface area contributed by atoms with Crippen molar-refractivity contribution in [3.63, 3.8) is 0 Å². The van der Waals surface area contributed by atoms with Gasteiger partial charge in [0.15, 0.2) is 0 Å². The molecule has 1 unspecified atom stereocenters. The largest absolute Gasteiger partial charge is 0.491 e. The number of aryl methyl sites for hydroxylation is 1. The standard InChI is InChI=1S/C13H18N2O/c1-3-8-15-12(9-14)10-16-13-6-4-11(2)5-7-13/h4-7,12,15H,3,8,10H2,1-2H3. The summed E-state index contributed by atoms with van der Waals surface area (Å²) in [6, 6.07) is 9.78. The molecule has 3 nitrogen and oxygen atoms in total. The van der Waals surface area contributed by atoms with Gasteiger partial charge in [0.1, 0.15) is 18.4 Å². The van der Waals surface area contributed by atoms with E-state index >= 15 is 0 Å². The Hall–Kier alpha value is -1.53. The van der Waals surface area contributed by atoms with Gasteiger partial charge < -0.3 is 4.74 Å². The Bertz CT molecular complexity index is 340. The van der Waals surface area contributed by atoms with E-state index in [0.29, 0.717) is 6.61 Å². The summed E-state index contributed by atoms with van der Waals surface area (Å²) in [5.74, 6) is 0.809. The van der Waals surface area contributed by atoms with Gasteiger partial charge in [-0.05, 0) is 32.0 Å². The van der Waals surface area contributed by atoms with Crippen LogP contribution in [-0.4, -0.2) is 19.2 Å². The molecule has 0 radical (unpaired) electrons. The smallest absolute Gasteiger partial charge is 0.130 e. The van der Waals surface area contributed by atoms with Crippen LogP contribution in [0.5, 0.6) is 5.75 Å². The van der Waals surface area contributed by atoms with E-state index in [1.807, 2.05) is 31.2 Å². The molecule has 1 rings (SSSR count). The lowest BCUT2D eigenvalue weighted by molar-refractivity contribution is 0.289. The molecule has 1 atom stereocenters. The quantitative estimate of drug-likeness (QED) is 0.796. The van der Waals surface area contributed by atoms with Gasteiger partial charge in [-0.1, -0.05) is 24.6 Å². The van der Waals surface area contributed by atoms with E-state index in [2.05, 4.69) is 18.3 Å². The summed E-state index contributed by atoms with van der Waals surface area (Å²) in [6.45, 7) is 5.34. The third kappa shape index (κ3) is 4.33. The maximum Gasteiger partial charge on any atom is 0.130 e. The van der Waals surface area contributed by atoms with Crippen molar-refractivity contribution in [2.75, 3.05) is 13.2 Å². The number of hydrogen-bond donors (Lipinski definition) is 1. The third-order valence-electron chi connectivity index (χ3n) is 2.23.